The standard InChI is InChI=1S/C19H33N3O2/c1-19(2,3)17(23)15-13-4-5-14(12-13)16(15)18(24)21-8-11-22-9-6-20-7-10-22/h13-16,20H,4-12H2,1-3H3,(H,21,24). The molecule has 4 atom stereocenters. The van der Waals surface area contributed by atoms with Crippen LogP contribution in [0, 0.1) is 29.1 Å². The number of hydrogen-bond donors (Lipinski definition) is 2. The maximum absolute atomic E-state index is 12.9. The molecule has 2 N–H and O–H groups in total. The van der Waals surface area contributed by atoms with E-state index in [0.717, 1.165) is 52.0 Å². The summed E-state index contributed by atoms with van der Waals surface area (Å²) in [4.78, 5) is 28.1. The molecule has 0 aromatic heterocycles. The van der Waals surface area contributed by atoms with Crippen molar-refractivity contribution in [3.8, 4) is 0 Å². The molecule has 4 unspecified atom stereocenters. The molecule has 5 heteroatoms. The average Bonchev–Trinajstić information content (AvgIpc) is 3.15. The van der Waals surface area contributed by atoms with Crippen LogP contribution in [0.1, 0.15) is 40.0 Å². The first-order valence-corrected chi connectivity index (χ1v) is 9.63. The molecule has 0 aromatic rings. The predicted molar refractivity (Wildman–Crippen MR) is 94.6 cm³/mol. The Hall–Kier alpha value is -0.940. The summed E-state index contributed by atoms with van der Waals surface area (Å²) in [5.41, 5.74) is -0.353. The highest BCUT2D eigenvalue weighted by molar-refractivity contribution is 5.92. The molecule has 3 aliphatic rings. The number of nitrogens with one attached hydrogen (secondary N) is 2. The monoisotopic (exact) mass is 335 g/mol. The van der Waals surface area contributed by atoms with Crippen molar-refractivity contribution < 1.29 is 9.59 Å². The number of piperazine rings is 1. The summed E-state index contributed by atoms with van der Waals surface area (Å²) in [5.74, 6) is 1.13. The fraction of sp³-hybridized carbons (Fsp3) is 0.895. The number of hydrogen-bond acceptors (Lipinski definition) is 4. The van der Waals surface area contributed by atoms with E-state index in [9.17, 15) is 9.59 Å². The van der Waals surface area contributed by atoms with E-state index >= 15 is 0 Å². The Bertz CT molecular complexity index is 479. The Balaban J connectivity index is 1.57. The molecule has 1 amide bonds. The Morgan fingerprint density at radius 1 is 1.08 bits per heavy atom. The van der Waals surface area contributed by atoms with Crippen LogP contribution >= 0.6 is 0 Å². The van der Waals surface area contributed by atoms with E-state index in [1.165, 1.54) is 0 Å². The largest absolute Gasteiger partial charge is 0.355 e. The normalized spacial score (nSPS) is 33.6. The van der Waals surface area contributed by atoms with Gasteiger partial charge < -0.3 is 10.6 Å². The number of carbonyl (C=O) groups is 2. The minimum atomic E-state index is -0.353. The van der Waals surface area contributed by atoms with Gasteiger partial charge in [-0.1, -0.05) is 20.8 Å². The van der Waals surface area contributed by atoms with Crippen LogP contribution in [0.2, 0.25) is 0 Å². The zero-order valence-electron chi connectivity index (χ0n) is 15.4. The van der Waals surface area contributed by atoms with Crippen LogP contribution in [0.4, 0.5) is 0 Å². The third-order valence-electron chi connectivity index (χ3n) is 6.20. The van der Waals surface area contributed by atoms with Crippen molar-refractivity contribution in [2.24, 2.45) is 29.1 Å². The van der Waals surface area contributed by atoms with Crippen molar-refractivity contribution in [2.75, 3.05) is 39.3 Å². The molecule has 2 bridgehead atoms. The van der Waals surface area contributed by atoms with Crippen LogP contribution in [0.5, 0.6) is 0 Å². The van der Waals surface area contributed by atoms with Gasteiger partial charge in [0.05, 0.1) is 5.92 Å². The summed E-state index contributed by atoms with van der Waals surface area (Å²) in [6, 6.07) is 0. The average molecular weight is 335 g/mol. The summed E-state index contributed by atoms with van der Waals surface area (Å²) in [6.45, 7) is 11.7. The van der Waals surface area contributed by atoms with E-state index in [4.69, 9.17) is 0 Å². The number of nitrogens with zero attached hydrogens (tertiary/aromatic N) is 1. The number of fused-ring (bicyclic) bond motifs is 2. The number of rotatable bonds is 5. The molecule has 0 spiro atoms. The van der Waals surface area contributed by atoms with Gasteiger partial charge in [0.2, 0.25) is 5.91 Å². The van der Waals surface area contributed by atoms with Crippen LogP contribution < -0.4 is 10.6 Å². The number of ketones is 1. The van der Waals surface area contributed by atoms with Crippen LogP contribution in [-0.2, 0) is 9.59 Å². The van der Waals surface area contributed by atoms with E-state index < -0.39 is 0 Å². The van der Waals surface area contributed by atoms with Gasteiger partial charge in [-0.25, -0.2) is 0 Å². The van der Waals surface area contributed by atoms with Crippen LogP contribution in [-0.4, -0.2) is 55.9 Å². The van der Waals surface area contributed by atoms with Crippen molar-refractivity contribution in [3.63, 3.8) is 0 Å². The van der Waals surface area contributed by atoms with Crippen molar-refractivity contribution in [1.82, 2.24) is 15.5 Å². The first-order chi connectivity index (χ1) is 11.4. The predicted octanol–water partition coefficient (Wildman–Crippen LogP) is 1.29. The van der Waals surface area contributed by atoms with Crippen LogP contribution in [0.25, 0.3) is 0 Å². The summed E-state index contributed by atoms with van der Waals surface area (Å²) in [5, 5.41) is 6.48. The minimum Gasteiger partial charge on any atom is -0.355 e. The summed E-state index contributed by atoms with van der Waals surface area (Å²) in [6.07, 6.45) is 3.32. The highest BCUT2D eigenvalue weighted by Gasteiger charge is 2.54. The second-order valence-corrected chi connectivity index (χ2v) is 8.88. The summed E-state index contributed by atoms with van der Waals surface area (Å²) < 4.78 is 0. The first-order valence-electron chi connectivity index (χ1n) is 9.63. The topological polar surface area (TPSA) is 61.4 Å². The van der Waals surface area contributed by atoms with Crippen LogP contribution in [0.3, 0.4) is 0 Å². The van der Waals surface area contributed by atoms with Gasteiger partial charge in [0.1, 0.15) is 5.78 Å². The van der Waals surface area contributed by atoms with Gasteiger partial charge in [-0.3, -0.25) is 14.5 Å². The summed E-state index contributed by atoms with van der Waals surface area (Å²) in [7, 11) is 0. The molecule has 3 fully saturated rings. The van der Waals surface area contributed by atoms with Gasteiger partial charge >= 0.3 is 0 Å². The van der Waals surface area contributed by atoms with Crippen molar-refractivity contribution in [2.45, 2.75) is 40.0 Å². The molecule has 2 aliphatic carbocycles. The maximum Gasteiger partial charge on any atom is 0.224 e. The molecule has 5 nitrogen and oxygen atoms in total. The lowest BCUT2D eigenvalue weighted by molar-refractivity contribution is -0.140. The van der Waals surface area contributed by atoms with Gasteiger partial charge in [0.15, 0.2) is 0 Å². The molecule has 3 rings (SSSR count). The lowest BCUT2D eigenvalue weighted by Gasteiger charge is -2.33. The second kappa shape index (κ2) is 7.12. The van der Waals surface area contributed by atoms with E-state index in [1.54, 1.807) is 0 Å². The van der Waals surface area contributed by atoms with Crippen molar-refractivity contribution in [3.05, 3.63) is 0 Å². The molecule has 1 aliphatic heterocycles. The molecular weight excluding hydrogens is 302 g/mol. The van der Waals surface area contributed by atoms with E-state index in [-0.39, 0.29) is 28.9 Å². The number of Topliss-reactive ketones (excluding diaryl/α,β-unsaturated/α-hetero) is 1. The lowest BCUT2D eigenvalue weighted by Crippen LogP contribution is -2.48. The van der Waals surface area contributed by atoms with E-state index in [0.29, 0.717) is 18.4 Å². The zero-order chi connectivity index (χ0) is 17.3. The number of amides is 1. The Morgan fingerprint density at radius 2 is 1.71 bits per heavy atom. The third-order valence-corrected chi connectivity index (χ3v) is 6.20. The van der Waals surface area contributed by atoms with Crippen molar-refractivity contribution in [1.29, 1.82) is 0 Å². The van der Waals surface area contributed by atoms with Gasteiger partial charge in [-0.2, -0.15) is 0 Å². The fourth-order valence-corrected chi connectivity index (χ4v) is 4.94. The SMILES string of the molecule is CC(C)(C)C(=O)C1C2CCC(C2)C1C(=O)NCCN1CCNCC1. The van der Waals surface area contributed by atoms with Crippen molar-refractivity contribution >= 4 is 11.7 Å². The molecule has 0 radical (unpaired) electrons. The highest BCUT2D eigenvalue weighted by atomic mass is 16.2. The first kappa shape index (κ1) is 17.9. The lowest BCUT2D eigenvalue weighted by atomic mass is 9.70. The van der Waals surface area contributed by atoms with Crippen LogP contribution in [0.15, 0.2) is 0 Å². The molecule has 0 aromatic carbocycles. The Kier molecular flexibility index (Phi) is 5.30. The minimum absolute atomic E-state index is 0.0528. The zero-order valence-corrected chi connectivity index (χ0v) is 15.4. The highest BCUT2D eigenvalue weighted by Crippen LogP contribution is 2.54. The van der Waals surface area contributed by atoms with Gasteiger partial charge in [0.25, 0.3) is 0 Å². The Labute approximate surface area is 145 Å². The number of carbonyl (C=O) groups excluding carboxylic acids is 2. The molecule has 136 valence electrons. The molecular formula is C19H33N3O2. The molecule has 1 saturated heterocycles. The van der Waals surface area contributed by atoms with E-state index in [1.807, 2.05) is 20.8 Å². The van der Waals surface area contributed by atoms with Gasteiger partial charge in [0, 0.05) is 50.6 Å². The molecule has 1 heterocycles. The fourth-order valence-electron chi connectivity index (χ4n) is 4.94. The third kappa shape index (κ3) is 3.67. The van der Waals surface area contributed by atoms with E-state index in [2.05, 4.69) is 15.5 Å². The molecule has 24 heavy (non-hydrogen) atoms. The van der Waals surface area contributed by atoms with Gasteiger partial charge in [-0.15, -0.1) is 0 Å². The second-order valence-electron chi connectivity index (χ2n) is 8.88. The molecule has 2 saturated carbocycles. The summed E-state index contributed by atoms with van der Waals surface area (Å²) >= 11 is 0. The smallest absolute Gasteiger partial charge is 0.224 e. The quantitative estimate of drug-likeness (QED) is 0.795. The van der Waals surface area contributed by atoms with Gasteiger partial charge in [-0.05, 0) is 31.1 Å². The Morgan fingerprint density at radius 3 is 2.33 bits per heavy atom. The maximum atomic E-state index is 12.9.